The molecule has 1 unspecified atom stereocenters. The van der Waals surface area contributed by atoms with Crippen molar-refractivity contribution in [3.05, 3.63) is 23.8 Å². The predicted molar refractivity (Wildman–Crippen MR) is 84.1 cm³/mol. The van der Waals surface area contributed by atoms with Gasteiger partial charge in [-0.15, -0.1) is 0 Å². The molecule has 0 aliphatic heterocycles. The molecule has 1 aromatic carbocycles. The lowest BCUT2D eigenvalue weighted by molar-refractivity contribution is 0.483. The van der Waals surface area contributed by atoms with Gasteiger partial charge in [0.2, 0.25) is 10.0 Å². The van der Waals surface area contributed by atoms with Crippen LogP contribution in [0.1, 0.15) is 51.5 Å². The number of unbranched alkanes of at least 4 members (excludes halogenated alkanes) is 1. The van der Waals surface area contributed by atoms with Gasteiger partial charge in [-0.25, -0.2) is 13.1 Å². The lowest BCUT2D eigenvalue weighted by Crippen LogP contribution is -2.35. The van der Waals surface area contributed by atoms with E-state index in [0.717, 1.165) is 32.1 Å². The van der Waals surface area contributed by atoms with E-state index in [4.69, 9.17) is 5.73 Å². The molecule has 0 amide bonds. The number of nitrogen functional groups attached to an aromatic ring is 1. The number of nitrogens with one attached hydrogen (secondary N) is 1. The first-order valence-electron chi connectivity index (χ1n) is 7.29. The van der Waals surface area contributed by atoms with Gasteiger partial charge in [-0.05, 0) is 43.5 Å². The molecule has 0 bridgehead atoms. The van der Waals surface area contributed by atoms with E-state index in [1.165, 1.54) is 0 Å². The molecule has 1 aromatic rings. The Morgan fingerprint density at radius 1 is 1.20 bits per heavy atom. The van der Waals surface area contributed by atoms with Crippen molar-refractivity contribution in [1.29, 1.82) is 0 Å². The van der Waals surface area contributed by atoms with Crippen molar-refractivity contribution in [3.63, 3.8) is 0 Å². The van der Waals surface area contributed by atoms with Crippen LogP contribution in [0.4, 0.5) is 5.69 Å². The number of anilines is 1. The third-order valence-corrected chi connectivity index (χ3v) is 5.03. The minimum atomic E-state index is -3.47. The van der Waals surface area contributed by atoms with Crippen molar-refractivity contribution in [1.82, 2.24) is 4.72 Å². The maximum atomic E-state index is 12.5. The summed E-state index contributed by atoms with van der Waals surface area (Å²) < 4.78 is 27.8. The molecule has 0 fully saturated rings. The SMILES string of the molecule is CCCCC(CCC)NS(=O)(=O)c1ccc(N)cc1C. The van der Waals surface area contributed by atoms with Crippen LogP contribution >= 0.6 is 0 Å². The number of benzene rings is 1. The number of sulfonamides is 1. The van der Waals surface area contributed by atoms with Gasteiger partial charge in [0.15, 0.2) is 0 Å². The summed E-state index contributed by atoms with van der Waals surface area (Å²) in [6.07, 6.45) is 4.83. The second-order valence-electron chi connectivity index (χ2n) is 5.27. The average molecular weight is 298 g/mol. The molecule has 3 N–H and O–H groups in total. The van der Waals surface area contributed by atoms with E-state index < -0.39 is 10.0 Å². The molecule has 0 saturated heterocycles. The van der Waals surface area contributed by atoms with E-state index in [0.29, 0.717) is 16.1 Å². The summed E-state index contributed by atoms with van der Waals surface area (Å²) in [5, 5.41) is 0. The fourth-order valence-corrected chi connectivity index (χ4v) is 3.85. The molecule has 0 aromatic heterocycles. The number of rotatable bonds is 8. The monoisotopic (exact) mass is 298 g/mol. The van der Waals surface area contributed by atoms with Crippen LogP contribution in [-0.2, 0) is 10.0 Å². The van der Waals surface area contributed by atoms with Gasteiger partial charge >= 0.3 is 0 Å². The molecular formula is C15H26N2O2S. The molecule has 0 spiro atoms. The Hall–Kier alpha value is -1.07. The summed E-state index contributed by atoms with van der Waals surface area (Å²) in [5.41, 5.74) is 6.93. The fraction of sp³-hybridized carbons (Fsp3) is 0.600. The van der Waals surface area contributed by atoms with Gasteiger partial charge < -0.3 is 5.73 Å². The number of hydrogen-bond acceptors (Lipinski definition) is 3. The minimum Gasteiger partial charge on any atom is -0.399 e. The lowest BCUT2D eigenvalue weighted by atomic mass is 10.1. The van der Waals surface area contributed by atoms with Crippen molar-refractivity contribution in [3.8, 4) is 0 Å². The quantitative estimate of drug-likeness (QED) is 0.724. The molecule has 1 atom stereocenters. The van der Waals surface area contributed by atoms with E-state index in [2.05, 4.69) is 18.6 Å². The van der Waals surface area contributed by atoms with Crippen LogP contribution in [0, 0.1) is 6.92 Å². The maximum Gasteiger partial charge on any atom is 0.241 e. The van der Waals surface area contributed by atoms with Crippen molar-refractivity contribution in [2.75, 3.05) is 5.73 Å². The summed E-state index contributed by atoms with van der Waals surface area (Å²) in [6, 6.07) is 4.91. The maximum absolute atomic E-state index is 12.5. The van der Waals surface area contributed by atoms with E-state index in [-0.39, 0.29) is 6.04 Å². The summed E-state index contributed by atoms with van der Waals surface area (Å²) >= 11 is 0. The highest BCUT2D eigenvalue weighted by atomic mass is 32.2. The molecule has 0 aliphatic rings. The van der Waals surface area contributed by atoms with Gasteiger partial charge in [-0.2, -0.15) is 0 Å². The highest BCUT2D eigenvalue weighted by molar-refractivity contribution is 7.89. The first-order valence-corrected chi connectivity index (χ1v) is 8.77. The van der Waals surface area contributed by atoms with Crippen molar-refractivity contribution in [2.24, 2.45) is 0 Å². The summed E-state index contributed by atoms with van der Waals surface area (Å²) in [5.74, 6) is 0. The van der Waals surface area contributed by atoms with Gasteiger partial charge in [-0.1, -0.05) is 33.1 Å². The minimum absolute atomic E-state index is 0.0157. The van der Waals surface area contributed by atoms with Gasteiger partial charge in [0.1, 0.15) is 0 Å². The summed E-state index contributed by atoms with van der Waals surface area (Å²) in [7, 11) is -3.47. The van der Waals surface area contributed by atoms with Crippen LogP contribution in [-0.4, -0.2) is 14.5 Å². The smallest absolute Gasteiger partial charge is 0.241 e. The Kier molecular flexibility index (Phi) is 6.49. The van der Waals surface area contributed by atoms with Crippen molar-refractivity contribution >= 4 is 15.7 Å². The topological polar surface area (TPSA) is 72.2 Å². The second-order valence-corrected chi connectivity index (χ2v) is 6.96. The third kappa shape index (κ3) is 4.80. The standard InChI is InChI=1S/C15H26N2O2S/c1-4-6-8-14(7-5-2)17-20(18,19)15-10-9-13(16)11-12(15)3/h9-11,14,17H,4-8,16H2,1-3H3. The Morgan fingerprint density at radius 2 is 1.90 bits per heavy atom. The third-order valence-electron chi connectivity index (χ3n) is 3.35. The van der Waals surface area contributed by atoms with Crippen LogP contribution in [0.5, 0.6) is 0 Å². The highest BCUT2D eigenvalue weighted by Crippen LogP contribution is 2.19. The summed E-state index contributed by atoms with van der Waals surface area (Å²) in [4.78, 5) is 0.323. The van der Waals surface area contributed by atoms with Crippen LogP contribution in [0.2, 0.25) is 0 Å². The molecule has 0 radical (unpaired) electrons. The van der Waals surface area contributed by atoms with Gasteiger partial charge in [0, 0.05) is 11.7 Å². The lowest BCUT2D eigenvalue weighted by Gasteiger charge is -2.19. The zero-order valence-electron chi connectivity index (χ0n) is 12.6. The van der Waals surface area contributed by atoms with E-state index in [1.54, 1.807) is 25.1 Å². The first-order chi connectivity index (χ1) is 9.40. The van der Waals surface area contributed by atoms with E-state index in [9.17, 15) is 8.42 Å². The van der Waals surface area contributed by atoms with E-state index in [1.807, 2.05) is 0 Å². The van der Waals surface area contributed by atoms with Crippen LogP contribution in [0.15, 0.2) is 23.1 Å². The fourth-order valence-electron chi connectivity index (χ4n) is 2.32. The molecule has 5 heteroatoms. The molecule has 0 saturated carbocycles. The van der Waals surface area contributed by atoms with Gasteiger partial charge in [0.05, 0.1) is 4.90 Å². The zero-order valence-corrected chi connectivity index (χ0v) is 13.5. The second kappa shape index (κ2) is 7.64. The van der Waals surface area contributed by atoms with Gasteiger partial charge in [0.25, 0.3) is 0 Å². The Bertz CT molecular complexity index is 527. The molecule has 114 valence electrons. The van der Waals surface area contributed by atoms with Crippen LogP contribution < -0.4 is 10.5 Å². The van der Waals surface area contributed by atoms with E-state index >= 15 is 0 Å². The molecule has 1 rings (SSSR count). The van der Waals surface area contributed by atoms with Crippen LogP contribution in [0.3, 0.4) is 0 Å². The molecule has 4 nitrogen and oxygen atoms in total. The highest BCUT2D eigenvalue weighted by Gasteiger charge is 2.21. The molecule has 20 heavy (non-hydrogen) atoms. The Morgan fingerprint density at radius 3 is 2.45 bits per heavy atom. The zero-order chi connectivity index (χ0) is 15.2. The Labute approximate surface area is 122 Å². The number of nitrogens with two attached hydrogens (primary N) is 1. The average Bonchev–Trinajstić information content (AvgIpc) is 2.35. The molecule has 0 aliphatic carbocycles. The molecule has 0 heterocycles. The number of hydrogen-bond donors (Lipinski definition) is 2. The largest absolute Gasteiger partial charge is 0.399 e. The first kappa shape index (κ1) is 17.0. The van der Waals surface area contributed by atoms with Crippen molar-refractivity contribution < 1.29 is 8.42 Å². The van der Waals surface area contributed by atoms with Crippen LogP contribution in [0.25, 0.3) is 0 Å². The molecular weight excluding hydrogens is 272 g/mol. The predicted octanol–water partition coefficient (Wildman–Crippen LogP) is 3.21. The van der Waals surface area contributed by atoms with Crippen molar-refractivity contribution in [2.45, 2.75) is 63.8 Å². The normalized spacial score (nSPS) is 13.3. The summed E-state index contributed by atoms with van der Waals surface area (Å²) in [6.45, 7) is 5.95. The Balaban J connectivity index is 2.91. The number of aryl methyl sites for hydroxylation is 1. The van der Waals surface area contributed by atoms with Gasteiger partial charge in [-0.3, -0.25) is 0 Å².